The van der Waals surface area contributed by atoms with E-state index in [1.165, 1.54) is 6.07 Å². The number of pyridine rings is 1. The number of aromatic nitrogens is 1. The van der Waals surface area contributed by atoms with Crippen LogP contribution in [0.25, 0.3) is 0 Å². The fourth-order valence-electron chi connectivity index (χ4n) is 1.40. The number of anilines is 1. The molecule has 0 aromatic carbocycles. The third kappa shape index (κ3) is 3.12. The van der Waals surface area contributed by atoms with Gasteiger partial charge in [-0.25, -0.2) is 4.98 Å². The number of hydrogen-bond donors (Lipinski definition) is 2. The molecular formula is C9H7ClN4O4S. The van der Waals surface area contributed by atoms with Crippen LogP contribution in [0.2, 0.25) is 5.15 Å². The lowest BCUT2D eigenvalue weighted by atomic mass is 10.3. The van der Waals surface area contributed by atoms with Gasteiger partial charge in [0.1, 0.15) is 11.2 Å². The lowest BCUT2D eigenvalue weighted by Gasteiger charge is -2.09. The molecule has 19 heavy (non-hydrogen) atoms. The highest BCUT2D eigenvalue weighted by atomic mass is 35.5. The summed E-state index contributed by atoms with van der Waals surface area (Å²) in [6.45, 7) is 0. The molecule has 0 saturated carbocycles. The van der Waals surface area contributed by atoms with Crippen molar-refractivity contribution in [3.05, 3.63) is 27.4 Å². The van der Waals surface area contributed by atoms with Crippen LogP contribution in [0.1, 0.15) is 0 Å². The molecular weight excluding hydrogens is 296 g/mol. The third-order valence-corrected chi connectivity index (χ3v) is 3.36. The Balaban J connectivity index is 2.18. The monoisotopic (exact) mass is 302 g/mol. The van der Waals surface area contributed by atoms with Crippen molar-refractivity contribution in [2.45, 2.75) is 6.04 Å². The fourth-order valence-corrected chi connectivity index (χ4v) is 2.32. The lowest BCUT2D eigenvalue weighted by molar-refractivity contribution is -0.384. The average molecular weight is 303 g/mol. The molecule has 0 spiro atoms. The number of hydrogen-bond acceptors (Lipinski definition) is 6. The minimum absolute atomic E-state index is 0.0192. The van der Waals surface area contributed by atoms with E-state index in [9.17, 15) is 19.7 Å². The first-order chi connectivity index (χ1) is 8.97. The van der Waals surface area contributed by atoms with E-state index in [1.54, 1.807) is 0 Å². The van der Waals surface area contributed by atoms with Crippen molar-refractivity contribution in [1.82, 2.24) is 10.3 Å². The van der Waals surface area contributed by atoms with Crippen molar-refractivity contribution in [3.63, 3.8) is 0 Å². The van der Waals surface area contributed by atoms with E-state index >= 15 is 0 Å². The summed E-state index contributed by atoms with van der Waals surface area (Å²) in [5.74, 6) is -0.552. The molecule has 1 aromatic heterocycles. The summed E-state index contributed by atoms with van der Waals surface area (Å²) >= 11 is 6.60. The van der Waals surface area contributed by atoms with Crippen LogP contribution in [0.3, 0.4) is 0 Å². The predicted octanol–water partition coefficient (Wildman–Crippen LogP) is 1.41. The molecule has 0 radical (unpaired) electrons. The van der Waals surface area contributed by atoms with Gasteiger partial charge in [0.2, 0.25) is 11.7 Å². The van der Waals surface area contributed by atoms with Crippen LogP contribution >= 0.6 is 23.4 Å². The summed E-state index contributed by atoms with van der Waals surface area (Å²) in [5.41, 5.74) is -0.366. The van der Waals surface area contributed by atoms with Gasteiger partial charge in [0.15, 0.2) is 0 Å². The van der Waals surface area contributed by atoms with Crippen molar-refractivity contribution in [2.75, 3.05) is 11.1 Å². The summed E-state index contributed by atoms with van der Waals surface area (Å²) < 4.78 is 0. The van der Waals surface area contributed by atoms with Crippen LogP contribution in [0.15, 0.2) is 12.1 Å². The molecule has 2 amide bonds. The predicted molar refractivity (Wildman–Crippen MR) is 69.3 cm³/mol. The second kappa shape index (κ2) is 5.41. The van der Waals surface area contributed by atoms with E-state index in [1.807, 2.05) is 0 Å². The number of carbonyl (C=O) groups is 2. The summed E-state index contributed by atoms with van der Waals surface area (Å²) in [6, 6.07) is 1.66. The second-order valence-corrected chi connectivity index (χ2v) is 4.92. The van der Waals surface area contributed by atoms with Crippen LogP contribution in [-0.2, 0) is 4.79 Å². The molecule has 1 fully saturated rings. The number of rotatable bonds is 3. The second-order valence-electron chi connectivity index (χ2n) is 3.54. The number of halogens is 1. The molecule has 1 aliphatic rings. The first-order valence-electron chi connectivity index (χ1n) is 5.02. The van der Waals surface area contributed by atoms with Gasteiger partial charge in [0.05, 0.1) is 4.92 Å². The van der Waals surface area contributed by atoms with Crippen molar-refractivity contribution in [1.29, 1.82) is 0 Å². The molecule has 8 nitrogen and oxygen atoms in total. The van der Waals surface area contributed by atoms with Crippen LogP contribution in [0, 0.1) is 10.1 Å². The third-order valence-electron chi connectivity index (χ3n) is 2.27. The number of nitrogens with one attached hydrogen (secondary N) is 2. The Bertz CT molecular complexity index is 567. The van der Waals surface area contributed by atoms with Gasteiger partial charge in [0.25, 0.3) is 5.24 Å². The van der Waals surface area contributed by atoms with Gasteiger partial charge in [-0.15, -0.1) is 0 Å². The van der Waals surface area contributed by atoms with Crippen molar-refractivity contribution in [2.24, 2.45) is 0 Å². The van der Waals surface area contributed by atoms with Crippen LogP contribution < -0.4 is 10.6 Å². The Kier molecular flexibility index (Phi) is 3.86. The maximum Gasteiger partial charge on any atom is 0.311 e. The topological polar surface area (TPSA) is 114 Å². The fraction of sp³-hybridized carbons (Fsp3) is 0.222. The minimum Gasteiger partial charge on any atom is -0.334 e. The lowest BCUT2D eigenvalue weighted by Crippen LogP contribution is -2.38. The van der Waals surface area contributed by atoms with Crippen molar-refractivity contribution < 1.29 is 14.5 Å². The van der Waals surface area contributed by atoms with Crippen molar-refractivity contribution in [3.8, 4) is 0 Å². The maximum atomic E-state index is 11.8. The number of thioether (sulfide) groups is 1. The molecule has 1 saturated heterocycles. The minimum atomic E-state index is -0.738. The van der Waals surface area contributed by atoms with Crippen LogP contribution in [0.4, 0.5) is 16.3 Å². The van der Waals surface area contributed by atoms with Gasteiger partial charge in [0, 0.05) is 11.8 Å². The molecule has 0 aliphatic carbocycles. The van der Waals surface area contributed by atoms with E-state index in [0.717, 1.165) is 17.8 Å². The molecule has 2 N–H and O–H groups in total. The van der Waals surface area contributed by atoms with E-state index in [2.05, 4.69) is 15.6 Å². The molecule has 0 bridgehead atoms. The molecule has 1 aromatic rings. The highest BCUT2D eigenvalue weighted by Crippen LogP contribution is 2.24. The van der Waals surface area contributed by atoms with Gasteiger partial charge in [-0.05, 0) is 6.07 Å². The van der Waals surface area contributed by atoms with E-state index < -0.39 is 16.9 Å². The molecule has 2 rings (SSSR count). The maximum absolute atomic E-state index is 11.8. The number of nitrogens with zero attached hydrogens (tertiary/aromatic N) is 2. The van der Waals surface area contributed by atoms with Gasteiger partial charge in [-0.2, -0.15) is 0 Å². The first-order valence-corrected chi connectivity index (χ1v) is 6.39. The highest BCUT2D eigenvalue weighted by Gasteiger charge is 2.29. The van der Waals surface area contributed by atoms with E-state index in [0.29, 0.717) is 0 Å². The van der Waals surface area contributed by atoms with E-state index in [4.69, 9.17) is 11.6 Å². The summed E-state index contributed by atoms with van der Waals surface area (Å²) in [5, 5.41) is 15.2. The Morgan fingerprint density at radius 1 is 1.63 bits per heavy atom. The number of amides is 2. The van der Waals surface area contributed by atoms with Crippen molar-refractivity contribution >= 4 is 46.0 Å². The Morgan fingerprint density at radius 2 is 2.37 bits per heavy atom. The Morgan fingerprint density at radius 3 is 2.95 bits per heavy atom. The van der Waals surface area contributed by atoms with Gasteiger partial charge in [-0.1, -0.05) is 23.4 Å². The van der Waals surface area contributed by atoms with Crippen LogP contribution in [0.5, 0.6) is 0 Å². The molecule has 100 valence electrons. The normalized spacial score (nSPS) is 17.9. The largest absolute Gasteiger partial charge is 0.334 e. The Hall–Kier alpha value is -1.87. The van der Waals surface area contributed by atoms with Gasteiger partial charge >= 0.3 is 5.69 Å². The molecule has 10 heteroatoms. The molecule has 1 unspecified atom stereocenters. The van der Waals surface area contributed by atoms with E-state index in [-0.39, 0.29) is 27.7 Å². The van der Waals surface area contributed by atoms with Gasteiger partial charge < -0.3 is 10.6 Å². The summed E-state index contributed by atoms with van der Waals surface area (Å²) in [7, 11) is 0. The molecule has 1 aliphatic heterocycles. The zero-order valence-electron chi connectivity index (χ0n) is 9.25. The zero-order chi connectivity index (χ0) is 14.0. The quantitative estimate of drug-likeness (QED) is 0.495. The first kappa shape index (κ1) is 13.6. The SMILES string of the molecule is O=C1NC(C(=O)Nc2nc(Cl)ccc2[N+](=O)[O-])CS1. The molecule has 2 heterocycles. The summed E-state index contributed by atoms with van der Waals surface area (Å²) in [4.78, 5) is 36.6. The van der Waals surface area contributed by atoms with Gasteiger partial charge in [-0.3, -0.25) is 19.7 Å². The zero-order valence-corrected chi connectivity index (χ0v) is 10.8. The number of carbonyl (C=O) groups excluding carboxylic acids is 2. The standard InChI is InChI=1S/C9H7ClN4O4S/c10-6-2-1-5(14(17)18)7(12-6)13-8(15)4-3-19-9(16)11-4/h1-2,4H,3H2,(H,11,16)(H,12,13,15). The Labute approximate surface area is 116 Å². The van der Waals surface area contributed by atoms with Crippen LogP contribution in [-0.4, -0.2) is 32.8 Å². The molecule has 1 atom stereocenters. The average Bonchev–Trinajstić information content (AvgIpc) is 2.75. The highest BCUT2D eigenvalue weighted by molar-refractivity contribution is 8.14. The smallest absolute Gasteiger partial charge is 0.311 e. The number of nitro groups is 1. The summed E-state index contributed by atoms with van der Waals surface area (Å²) in [6.07, 6.45) is 0.